The van der Waals surface area contributed by atoms with Gasteiger partial charge in [0, 0.05) is 34.3 Å². The predicted octanol–water partition coefficient (Wildman–Crippen LogP) is 5.83. The summed E-state index contributed by atoms with van der Waals surface area (Å²) in [4.78, 5) is 8.47. The molecule has 0 amide bonds. The van der Waals surface area contributed by atoms with E-state index in [2.05, 4.69) is 21.9 Å². The van der Waals surface area contributed by atoms with E-state index in [1.54, 1.807) is 12.1 Å². The third-order valence-corrected chi connectivity index (χ3v) is 6.72. The number of nitrogens with two attached hydrogens (primary N) is 1. The molecule has 0 spiro atoms. The van der Waals surface area contributed by atoms with Crippen LogP contribution in [0.1, 0.15) is 22.4 Å². The second-order valence-electron chi connectivity index (χ2n) is 7.67. The Labute approximate surface area is 194 Å². The maximum atomic E-state index is 14.3. The van der Waals surface area contributed by atoms with Crippen LogP contribution in [0.5, 0.6) is 0 Å². The number of hydrogen-bond acceptors (Lipinski definition) is 4. The van der Waals surface area contributed by atoms with Crippen molar-refractivity contribution in [2.24, 2.45) is 10.7 Å². The summed E-state index contributed by atoms with van der Waals surface area (Å²) in [6.45, 7) is 7.98. The van der Waals surface area contributed by atoms with Crippen LogP contribution in [0.3, 0.4) is 0 Å². The number of aryl methyl sites for hydroxylation is 2. The van der Waals surface area contributed by atoms with E-state index < -0.39 is 11.6 Å². The number of nitrogens with zero attached hydrogens (tertiary/aromatic N) is 1. The van der Waals surface area contributed by atoms with E-state index >= 15 is 0 Å². The van der Waals surface area contributed by atoms with Crippen molar-refractivity contribution in [3.05, 3.63) is 99.7 Å². The lowest BCUT2D eigenvalue weighted by molar-refractivity contribution is 0.507. The monoisotopic (exact) mass is 468 g/mol. The quantitative estimate of drug-likeness (QED) is 0.426. The number of fused-ring (bicyclic) bond motifs is 1. The van der Waals surface area contributed by atoms with Crippen molar-refractivity contribution in [2.75, 3.05) is 6.54 Å². The average Bonchev–Trinajstić information content (AvgIpc) is 3.35. The van der Waals surface area contributed by atoms with Gasteiger partial charge in [-0.3, -0.25) is 4.99 Å². The highest BCUT2D eigenvalue weighted by Crippen LogP contribution is 2.42. The number of aromatic amines is 1. The lowest BCUT2D eigenvalue weighted by atomic mass is 10.0. The molecule has 1 aliphatic heterocycles. The molecule has 0 atom stereocenters. The lowest BCUT2D eigenvalue weighted by Gasteiger charge is -2.11. The molecule has 1 aliphatic rings. The van der Waals surface area contributed by atoms with Crippen molar-refractivity contribution >= 4 is 33.3 Å². The van der Waals surface area contributed by atoms with E-state index in [1.165, 1.54) is 36.2 Å². The van der Waals surface area contributed by atoms with Gasteiger partial charge in [-0.05, 0) is 49.6 Å². The maximum Gasteiger partial charge on any atom is 0.167 e. The maximum absolute atomic E-state index is 14.3. The van der Waals surface area contributed by atoms with Crippen molar-refractivity contribution in [3.63, 3.8) is 0 Å². The summed E-state index contributed by atoms with van der Waals surface area (Å²) in [6.07, 6.45) is 3.64. The van der Waals surface area contributed by atoms with E-state index in [0.29, 0.717) is 39.8 Å². The van der Waals surface area contributed by atoms with Gasteiger partial charge in [-0.15, -0.1) is 0 Å². The molecule has 4 N–H and O–H groups in total. The summed E-state index contributed by atoms with van der Waals surface area (Å²) in [5, 5.41) is 4.07. The number of aromatic nitrogens is 1. The molecule has 2 heterocycles. The lowest BCUT2D eigenvalue weighted by Crippen LogP contribution is -2.25. The van der Waals surface area contributed by atoms with Crippen LogP contribution in [0.15, 0.2) is 64.9 Å². The summed E-state index contributed by atoms with van der Waals surface area (Å²) in [5.74, 6) is -1.75. The van der Waals surface area contributed by atoms with Gasteiger partial charge < -0.3 is 16.0 Å². The van der Waals surface area contributed by atoms with Gasteiger partial charge in [-0.25, -0.2) is 13.2 Å². The zero-order valence-corrected chi connectivity index (χ0v) is 19.0. The number of aliphatic imine (C=N–C) groups is 1. The number of hydrogen-bond donors (Lipinski definition) is 3. The third-order valence-electron chi connectivity index (χ3n) is 5.52. The zero-order chi connectivity index (χ0) is 23.7. The Morgan fingerprint density at radius 1 is 1.18 bits per heavy atom. The molecule has 4 nitrogen and oxygen atoms in total. The highest BCUT2D eigenvalue weighted by atomic mass is 32.2. The zero-order valence-electron chi connectivity index (χ0n) is 18.2. The average molecular weight is 469 g/mol. The molecule has 0 saturated heterocycles. The summed E-state index contributed by atoms with van der Waals surface area (Å²) in [7, 11) is 0. The molecular formula is C25H23F3N4S. The minimum atomic E-state index is -0.917. The molecule has 0 fully saturated rings. The molecule has 0 aliphatic carbocycles. The standard InChI is InChI=1S/C25H23F3N4S/c1-4-30-19-12-20(16-6-5-7-17(26)22(16)28)33-24(19)25(29)31-11-10-15-14(3)32-23-18(27)9-8-13(2)21(15)23/h4-9,12,31-32H,1,10-11,29H2,2-3H3/b25-24-,30-19-. The molecular weight excluding hydrogens is 445 g/mol. The Bertz CT molecular complexity index is 1350. The van der Waals surface area contributed by atoms with Gasteiger partial charge in [0.2, 0.25) is 0 Å². The number of nitrogens with one attached hydrogen (secondary N) is 2. The predicted molar refractivity (Wildman–Crippen MR) is 130 cm³/mol. The van der Waals surface area contributed by atoms with Gasteiger partial charge in [0.05, 0.1) is 16.1 Å². The van der Waals surface area contributed by atoms with Crippen molar-refractivity contribution in [1.29, 1.82) is 0 Å². The van der Waals surface area contributed by atoms with Crippen LogP contribution in [-0.4, -0.2) is 17.2 Å². The Hall–Kier alpha value is -3.39. The minimum Gasteiger partial charge on any atom is -0.385 e. The molecule has 1 aromatic heterocycles. The molecule has 0 bridgehead atoms. The molecule has 2 aromatic carbocycles. The van der Waals surface area contributed by atoms with Gasteiger partial charge >= 0.3 is 0 Å². The van der Waals surface area contributed by atoms with E-state index in [0.717, 1.165) is 28.3 Å². The summed E-state index contributed by atoms with van der Waals surface area (Å²) < 4.78 is 42.2. The fourth-order valence-corrected chi connectivity index (χ4v) is 5.01. The third kappa shape index (κ3) is 4.30. The minimum absolute atomic E-state index is 0.145. The van der Waals surface area contributed by atoms with Crippen LogP contribution in [0.4, 0.5) is 13.2 Å². The molecule has 3 aromatic rings. The second kappa shape index (κ2) is 9.23. The molecule has 0 unspecified atom stereocenters. The Kier molecular flexibility index (Phi) is 6.37. The SMILES string of the molecule is C=C/N=C1/C=C(c2cccc(F)c2F)S/C1=C(/N)NCCc1c(C)[nH]c2c(F)ccc(C)c12. The first-order valence-electron chi connectivity index (χ1n) is 10.3. The van der Waals surface area contributed by atoms with Crippen molar-refractivity contribution in [1.82, 2.24) is 10.3 Å². The summed E-state index contributed by atoms with van der Waals surface area (Å²) in [5.41, 5.74) is 10.4. The van der Waals surface area contributed by atoms with Crippen LogP contribution in [0.25, 0.3) is 15.8 Å². The number of allylic oxidation sites excluding steroid dienone is 2. The first-order valence-corrected chi connectivity index (χ1v) is 11.2. The number of H-pyrrole nitrogens is 1. The molecule has 8 heteroatoms. The fraction of sp³-hybridized carbons (Fsp3) is 0.160. The first kappa shape index (κ1) is 22.8. The fourth-order valence-electron chi connectivity index (χ4n) is 3.95. The first-order chi connectivity index (χ1) is 15.8. The number of benzene rings is 2. The van der Waals surface area contributed by atoms with Crippen LogP contribution >= 0.6 is 11.8 Å². The van der Waals surface area contributed by atoms with E-state index in [1.807, 2.05) is 13.8 Å². The van der Waals surface area contributed by atoms with Crippen molar-refractivity contribution in [2.45, 2.75) is 20.3 Å². The molecule has 0 radical (unpaired) electrons. The van der Waals surface area contributed by atoms with E-state index in [4.69, 9.17) is 5.73 Å². The number of halogens is 3. The van der Waals surface area contributed by atoms with Crippen molar-refractivity contribution in [3.8, 4) is 0 Å². The summed E-state index contributed by atoms with van der Waals surface area (Å²) in [6, 6.07) is 7.27. The van der Waals surface area contributed by atoms with Gasteiger partial charge in [0.15, 0.2) is 11.6 Å². The highest BCUT2D eigenvalue weighted by Gasteiger charge is 2.25. The van der Waals surface area contributed by atoms with Crippen LogP contribution < -0.4 is 11.1 Å². The van der Waals surface area contributed by atoms with E-state index in [9.17, 15) is 13.2 Å². The smallest absolute Gasteiger partial charge is 0.167 e. The Morgan fingerprint density at radius 3 is 2.73 bits per heavy atom. The molecule has 0 saturated carbocycles. The molecule has 33 heavy (non-hydrogen) atoms. The normalized spacial score (nSPS) is 16.4. The number of thioether (sulfide) groups is 1. The summed E-state index contributed by atoms with van der Waals surface area (Å²) >= 11 is 1.21. The van der Waals surface area contributed by atoms with Crippen LogP contribution in [-0.2, 0) is 6.42 Å². The van der Waals surface area contributed by atoms with Gasteiger partial charge in [-0.1, -0.05) is 36.5 Å². The van der Waals surface area contributed by atoms with Gasteiger partial charge in [0.25, 0.3) is 0 Å². The van der Waals surface area contributed by atoms with Crippen molar-refractivity contribution < 1.29 is 13.2 Å². The molecule has 170 valence electrons. The van der Waals surface area contributed by atoms with Crippen LogP contribution in [0.2, 0.25) is 0 Å². The van der Waals surface area contributed by atoms with Gasteiger partial charge in [-0.2, -0.15) is 0 Å². The van der Waals surface area contributed by atoms with Gasteiger partial charge in [0.1, 0.15) is 11.6 Å². The largest absolute Gasteiger partial charge is 0.385 e. The second-order valence-corrected chi connectivity index (χ2v) is 8.72. The number of rotatable bonds is 6. The Balaban J connectivity index is 1.56. The molecule has 4 rings (SSSR count). The Morgan fingerprint density at radius 2 is 1.97 bits per heavy atom. The van der Waals surface area contributed by atoms with Crippen LogP contribution in [0, 0.1) is 31.3 Å². The highest BCUT2D eigenvalue weighted by molar-refractivity contribution is 8.13. The topological polar surface area (TPSA) is 66.2 Å². The van der Waals surface area contributed by atoms with E-state index in [-0.39, 0.29) is 11.4 Å².